The van der Waals surface area contributed by atoms with E-state index in [-0.39, 0.29) is 17.7 Å². The summed E-state index contributed by atoms with van der Waals surface area (Å²) in [5.41, 5.74) is 0.809. The smallest absolute Gasteiger partial charge is 0.265 e. The zero-order valence-electron chi connectivity index (χ0n) is 14.7. The summed E-state index contributed by atoms with van der Waals surface area (Å²) >= 11 is 7.47. The van der Waals surface area contributed by atoms with Gasteiger partial charge in [0.1, 0.15) is 0 Å². The third-order valence-electron chi connectivity index (χ3n) is 4.28. The Bertz CT molecular complexity index is 839. The highest BCUT2D eigenvalue weighted by Gasteiger charge is 2.19. The van der Waals surface area contributed by atoms with E-state index in [1.54, 1.807) is 30.3 Å². The number of nitrogens with zero attached hydrogens (tertiary/aromatic N) is 1. The number of likely N-dealkylation sites (tertiary alicyclic amines) is 1. The van der Waals surface area contributed by atoms with Crippen LogP contribution in [0.2, 0.25) is 5.02 Å². The van der Waals surface area contributed by atoms with Crippen LogP contribution in [0.25, 0.3) is 0 Å². The monoisotopic (exact) mass is 405 g/mol. The van der Waals surface area contributed by atoms with Crippen molar-refractivity contribution >= 4 is 46.3 Å². The van der Waals surface area contributed by atoms with Gasteiger partial charge < -0.3 is 15.5 Å². The van der Waals surface area contributed by atoms with Crippen molar-refractivity contribution < 1.29 is 14.4 Å². The largest absolute Gasteiger partial charge is 0.352 e. The van der Waals surface area contributed by atoms with Crippen molar-refractivity contribution in [3.05, 3.63) is 51.2 Å². The third-order valence-corrected chi connectivity index (χ3v) is 5.48. The van der Waals surface area contributed by atoms with Crippen molar-refractivity contribution in [3.8, 4) is 0 Å². The van der Waals surface area contributed by atoms with Crippen LogP contribution < -0.4 is 10.6 Å². The van der Waals surface area contributed by atoms with Crippen LogP contribution in [0.4, 0.5) is 5.69 Å². The van der Waals surface area contributed by atoms with Crippen LogP contribution >= 0.6 is 22.9 Å². The summed E-state index contributed by atoms with van der Waals surface area (Å²) in [6.45, 7) is 1.93. The molecule has 8 heteroatoms. The fraction of sp³-hybridized carbons (Fsp3) is 0.316. The molecule has 0 spiro atoms. The molecule has 3 rings (SSSR count). The number of rotatable bonds is 7. The first kappa shape index (κ1) is 19.4. The molecule has 6 nitrogen and oxygen atoms in total. The predicted octanol–water partition coefficient (Wildman–Crippen LogP) is 3.40. The average Bonchev–Trinajstić information content (AvgIpc) is 3.32. The molecule has 0 aliphatic carbocycles. The maximum atomic E-state index is 12.3. The summed E-state index contributed by atoms with van der Waals surface area (Å²) in [7, 11) is 0. The molecular weight excluding hydrogens is 386 g/mol. The molecule has 0 bridgehead atoms. The van der Waals surface area contributed by atoms with Crippen molar-refractivity contribution in [2.45, 2.75) is 19.3 Å². The third kappa shape index (κ3) is 5.08. The van der Waals surface area contributed by atoms with Gasteiger partial charge in [-0.1, -0.05) is 17.7 Å². The van der Waals surface area contributed by atoms with E-state index in [0.29, 0.717) is 47.1 Å². The number of anilines is 1. The number of nitrogens with one attached hydrogen (secondary N) is 2. The van der Waals surface area contributed by atoms with Crippen molar-refractivity contribution in [1.82, 2.24) is 10.2 Å². The maximum Gasteiger partial charge on any atom is 0.265 e. The topological polar surface area (TPSA) is 78.5 Å². The van der Waals surface area contributed by atoms with Gasteiger partial charge in [0.05, 0.1) is 15.6 Å². The molecular formula is C19H20ClN3O3S. The van der Waals surface area contributed by atoms with Crippen molar-refractivity contribution in [1.29, 1.82) is 0 Å². The number of halogens is 1. The fourth-order valence-corrected chi connectivity index (χ4v) is 3.65. The minimum absolute atomic E-state index is 0.185. The van der Waals surface area contributed by atoms with E-state index in [2.05, 4.69) is 10.6 Å². The lowest BCUT2D eigenvalue weighted by Crippen LogP contribution is -2.30. The molecule has 2 aromatic rings. The van der Waals surface area contributed by atoms with E-state index >= 15 is 0 Å². The summed E-state index contributed by atoms with van der Waals surface area (Å²) < 4.78 is 0. The summed E-state index contributed by atoms with van der Waals surface area (Å²) in [4.78, 5) is 38.5. The average molecular weight is 406 g/mol. The first-order valence-corrected chi connectivity index (χ1v) is 10.0. The standard InChI is InChI=1S/C19H20ClN3O3S/c20-14-7-6-13(12-15(14)22-19(26)16-4-2-11-27-16)18(25)21-8-3-10-23-9-1-5-17(23)24/h2,4,6-7,11-12H,1,3,5,8-10H2,(H,21,25)(H,22,26). The van der Waals surface area contributed by atoms with Gasteiger partial charge in [0.25, 0.3) is 11.8 Å². The van der Waals surface area contributed by atoms with Crippen molar-refractivity contribution in [3.63, 3.8) is 0 Å². The molecule has 1 aromatic heterocycles. The van der Waals surface area contributed by atoms with Gasteiger partial charge in [0.15, 0.2) is 0 Å². The lowest BCUT2D eigenvalue weighted by atomic mass is 10.2. The Morgan fingerprint density at radius 3 is 2.78 bits per heavy atom. The second-order valence-corrected chi connectivity index (χ2v) is 7.57. The number of carbonyl (C=O) groups excluding carboxylic acids is 3. The molecule has 0 unspecified atom stereocenters. The molecule has 1 aliphatic rings. The molecule has 1 aliphatic heterocycles. The van der Waals surface area contributed by atoms with Crippen LogP contribution in [0.15, 0.2) is 35.7 Å². The molecule has 2 heterocycles. The molecule has 1 aromatic carbocycles. The van der Waals surface area contributed by atoms with Gasteiger partial charge in [-0.25, -0.2) is 0 Å². The number of amides is 3. The van der Waals surface area contributed by atoms with E-state index in [1.807, 2.05) is 10.3 Å². The number of hydrogen-bond acceptors (Lipinski definition) is 4. The molecule has 27 heavy (non-hydrogen) atoms. The molecule has 2 N–H and O–H groups in total. The minimum atomic E-state index is -0.264. The number of hydrogen-bond donors (Lipinski definition) is 2. The molecule has 142 valence electrons. The molecule has 0 radical (unpaired) electrons. The fourth-order valence-electron chi connectivity index (χ4n) is 2.87. The Balaban J connectivity index is 1.53. The van der Waals surface area contributed by atoms with Gasteiger partial charge in [0, 0.05) is 31.6 Å². The highest BCUT2D eigenvalue weighted by Crippen LogP contribution is 2.24. The maximum absolute atomic E-state index is 12.3. The Morgan fingerprint density at radius 1 is 1.22 bits per heavy atom. The highest BCUT2D eigenvalue weighted by molar-refractivity contribution is 7.12. The molecule has 1 saturated heterocycles. The van der Waals surface area contributed by atoms with E-state index in [0.717, 1.165) is 13.0 Å². The molecule has 1 fully saturated rings. The summed E-state index contributed by atoms with van der Waals surface area (Å²) in [5, 5.41) is 7.75. The van der Waals surface area contributed by atoms with Crippen molar-refractivity contribution in [2.75, 3.05) is 25.0 Å². The van der Waals surface area contributed by atoms with Crippen LogP contribution in [-0.2, 0) is 4.79 Å². The second-order valence-electron chi connectivity index (χ2n) is 6.22. The van der Waals surface area contributed by atoms with Gasteiger partial charge in [0.2, 0.25) is 5.91 Å². The first-order chi connectivity index (χ1) is 13.0. The number of benzene rings is 1. The summed E-state index contributed by atoms with van der Waals surface area (Å²) in [6, 6.07) is 8.27. The van der Waals surface area contributed by atoms with E-state index in [1.165, 1.54) is 11.3 Å². The predicted molar refractivity (Wildman–Crippen MR) is 106 cm³/mol. The van der Waals surface area contributed by atoms with Crippen LogP contribution in [-0.4, -0.2) is 42.3 Å². The van der Waals surface area contributed by atoms with Crippen molar-refractivity contribution in [2.24, 2.45) is 0 Å². The second kappa shape index (κ2) is 9.01. The Kier molecular flexibility index (Phi) is 6.47. The Morgan fingerprint density at radius 2 is 2.07 bits per heavy atom. The zero-order chi connectivity index (χ0) is 19.2. The van der Waals surface area contributed by atoms with E-state index < -0.39 is 0 Å². The van der Waals surface area contributed by atoms with Gasteiger partial charge in [-0.15, -0.1) is 11.3 Å². The number of carbonyl (C=O) groups is 3. The van der Waals surface area contributed by atoms with Gasteiger partial charge in [-0.05, 0) is 42.5 Å². The lowest BCUT2D eigenvalue weighted by molar-refractivity contribution is -0.127. The normalized spacial score (nSPS) is 13.7. The van der Waals surface area contributed by atoms with Gasteiger partial charge >= 0.3 is 0 Å². The molecule has 3 amide bonds. The molecule has 0 saturated carbocycles. The quantitative estimate of drug-likeness (QED) is 0.693. The van der Waals surface area contributed by atoms with E-state index in [4.69, 9.17) is 11.6 Å². The SMILES string of the molecule is O=C(NCCCN1CCCC1=O)c1ccc(Cl)c(NC(=O)c2cccs2)c1. The lowest BCUT2D eigenvalue weighted by Gasteiger charge is -2.15. The molecule has 0 atom stereocenters. The van der Waals surface area contributed by atoms with E-state index in [9.17, 15) is 14.4 Å². The van der Waals surface area contributed by atoms with Crippen LogP contribution in [0.1, 0.15) is 39.3 Å². The summed E-state index contributed by atoms with van der Waals surface area (Å²) in [6.07, 6.45) is 2.24. The minimum Gasteiger partial charge on any atom is -0.352 e. The first-order valence-electron chi connectivity index (χ1n) is 8.75. The van der Waals surface area contributed by atoms with Crippen LogP contribution in [0, 0.1) is 0 Å². The number of thiophene rings is 1. The van der Waals surface area contributed by atoms with Crippen LogP contribution in [0.5, 0.6) is 0 Å². The highest BCUT2D eigenvalue weighted by atomic mass is 35.5. The van der Waals surface area contributed by atoms with Crippen LogP contribution in [0.3, 0.4) is 0 Å². The zero-order valence-corrected chi connectivity index (χ0v) is 16.2. The van der Waals surface area contributed by atoms with Gasteiger partial charge in [-0.3, -0.25) is 14.4 Å². The summed E-state index contributed by atoms with van der Waals surface area (Å²) in [5.74, 6) is -0.323. The van der Waals surface area contributed by atoms with Gasteiger partial charge in [-0.2, -0.15) is 0 Å². The Hall–Kier alpha value is -2.38. The Labute approximate surface area is 166 Å².